The Kier molecular flexibility index (Phi) is 5.76. The maximum absolute atomic E-state index is 13.7. The van der Waals surface area contributed by atoms with Crippen molar-refractivity contribution in [3.8, 4) is 5.75 Å². The molecule has 2 fully saturated rings. The summed E-state index contributed by atoms with van der Waals surface area (Å²) in [4.78, 5) is 77.6. The Hall–Kier alpha value is -3.31. The topological polar surface area (TPSA) is 184 Å². The summed E-state index contributed by atoms with van der Waals surface area (Å²) in [6.45, 7) is 1.19. The first-order valence-electron chi connectivity index (χ1n) is 10.9. The quantitative estimate of drug-likeness (QED) is 0.324. The summed E-state index contributed by atoms with van der Waals surface area (Å²) in [5, 5.41) is 24.6. The summed E-state index contributed by atoms with van der Waals surface area (Å²) < 4.78 is 0. The molecule has 5 N–H and O–H groups in total. The third-order valence-electron chi connectivity index (χ3n) is 7.23. The molecule has 2 unspecified atom stereocenters. The molecule has 0 bridgehead atoms. The molecule has 35 heavy (non-hydrogen) atoms. The van der Waals surface area contributed by atoms with Gasteiger partial charge in [-0.1, -0.05) is 11.6 Å². The number of hydrogen-bond acceptors (Lipinski definition) is 9. The van der Waals surface area contributed by atoms with E-state index in [4.69, 9.17) is 17.3 Å². The Labute approximate surface area is 204 Å². The van der Waals surface area contributed by atoms with E-state index < -0.39 is 76.4 Å². The molecule has 3 aliphatic rings. The first kappa shape index (κ1) is 24.8. The lowest BCUT2D eigenvalue weighted by atomic mass is 9.53. The minimum Gasteiger partial charge on any atom is -0.505 e. The number of halogens is 1. The number of carbonyl (C=O) groups excluding carboxylic acids is 6. The number of Topliss-reactive ketones (excluding diaryl/α,β-unsaturated/α-hetero) is 4. The molecule has 0 aliphatic heterocycles. The van der Waals surface area contributed by atoms with Gasteiger partial charge < -0.3 is 26.2 Å². The molecule has 0 heterocycles. The third-order valence-corrected chi connectivity index (χ3v) is 7.60. The first-order chi connectivity index (χ1) is 16.2. The van der Waals surface area contributed by atoms with Crippen LogP contribution in [0.15, 0.2) is 0 Å². The minimum atomic E-state index is -2.73. The van der Waals surface area contributed by atoms with Crippen molar-refractivity contribution < 1.29 is 39.0 Å². The molecular weight excluding hydrogens is 482 g/mol. The zero-order valence-corrected chi connectivity index (χ0v) is 19.9. The van der Waals surface area contributed by atoms with Gasteiger partial charge in [-0.2, -0.15) is 0 Å². The molecule has 186 valence electrons. The van der Waals surface area contributed by atoms with Gasteiger partial charge in [-0.3, -0.25) is 28.8 Å². The van der Waals surface area contributed by atoms with Gasteiger partial charge in [0.05, 0.1) is 22.2 Å². The summed E-state index contributed by atoms with van der Waals surface area (Å²) in [7, 11) is 3.31. The molecule has 1 aromatic rings. The molecule has 2 amide bonds. The number of anilines is 2. The Bertz CT molecular complexity index is 1240. The van der Waals surface area contributed by atoms with Crippen LogP contribution in [0.1, 0.15) is 35.7 Å². The normalized spacial score (nSPS) is 29.7. The van der Waals surface area contributed by atoms with Crippen molar-refractivity contribution in [3.63, 3.8) is 0 Å². The van der Waals surface area contributed by atoms with Crippen LogP contribution in [0, 0.1) is 23.7 Å². The monoisotopic (exact) mass is 505 g/mol. The van der Waals surface area contributed by atoms with Crippen molar-refractivity contribution in [2.24, 2.45) is 29.4 Å². The highest BCUT2D eigenvalue weighted by molar-refractivity contribution is 6.38. The molecule has 0 spiro atoms. The highest BCUT2D eigenvalue weighted by Crippen LogP contribution is 2.54. The van der Waals surface area contributed by atoms with Crippen LogP contribution in [0.3, 0.4) is 0 Å². The molecule has 0 aromatic heterocycles. The first-order valence-corrected chi connectivity index (χ1v) is 11.3. The van der Waals surface area contributed by atoms with Gasteiger partial charge in [0.1, 0.15) is 5.69 Å². The van der Waals surface area contributed by atoms with Crippen LogP contribution in [0.4, 0.5) is 11.4 Å². The highest BCUT2D eigenvalue weighted by Gasteiger charge is 2.66. The third kappa shape index (κ3) is 3.36. The summed E-state index contributed by atoms with van der Waals surface area (Å²) in [5.41, 5.74) is 2.70. The van der Waals surface area contributed by atoms with Crippen LogP contribution >= 0.6 is 11.6 Å². The van der Waals surface area contributed by atoms with Crippen molar-refractivity contribution in [1.29, 1.82) is 0 Å². The van der Waals surface area contributed by atoms with Crippen molar-refractivity contribution in [1.82, 2.24) is 0 Å². The number of carbonyl (C=O) groups is 6. The molecule has 12 heteroatoms. The lowest BCUT2D eigenvalue weighted by Crippen LogP contribution is -2.68. The maximum atomic E-state index is 13.7. The van der Waals surface area contributed by atoms with Crippen LogP contribution in [-0.2, 0) is 30.4 Å². The summed E-state index contributed by atoms with van der Waals surface area (Å²) in [6, 6.07) is 0. The summed E-state index contributed by atoms with van der Waals surface area (Å²) in [6.07, 6.45) is -0.369. The number of primary amides is 1. The fourth-order valence-corrected chi connectivity index (χ4v) is 6.23. The van der Waals surface area contributed by atoms with E-state index in [1.807, 2.05) is 0 Å². The molecule has 4 rings (SSSR count). The van der Waals surface area contributed by atoms with E-state index in [2.05, 4.69) is 5.32 Å². The number of hydrogen-bond donors (Lipinski definition) is 4. The second-order valence-electron chi connectivity index (χ2n) is 9.55. The van der Waals surface area contributed by atoms with Crippen molar-refractivity contribution >= 4 is 57.9 Å². The number of rotatable bonds is 3. The van der Waals surface area contributed by atoms with Gasteiger partial charge in [-0.15, -0.1) is 0 Å². The van der Waals surface area contributed by atoms with Crippen molar-refractivity contribution in [2.75, 3.05) is 24.3 Å². The predicted molar refractivity (Wildman–Crippen MR) is 122 cm³/mol. The number of fused-ring (bicyclic) bond motifs is 3. The number of aliphatic hydroxyl groups is 1. The lowest BCUT2D eigenvalue weighted by Gasteiger charge is -2.48. The van der Waals surface area contributed by atoms with E-state index in [9.17, 15) is 39.0 Å². The largest absolute Gasteiger partial charge is 0.505 e. The molecule has 0 saturated heterocycles. The zero-order chi connectivity index (χ0) is 26.1. The Morgan fingerprint density at radius 1 is 1.14 bits per heavy atom. The molecule has 3 aliphatic carbocycles. The van der Waals surface area contributed by atoms with Gasteiger partial charge in [-0.25, -0.2) is 0 Å². The van der Waals surface area contributed by atoms with Crippen molar-refractivity contribution in [3.05, 3.63) is 16.1 Å². The molecule has 2 saturated carbocycles. The minimum absolute atomic E-state index is 0.00124. The average molecular weight is 506 g/mol. The van der Waals surface area contributed by atoms with E-state index in [-0.39, 0.29) is 29.1 Å². The Balaban J connectivity index is 1.89. The standard InChI is InChI=1S/C23H24ClN3O8/c1-7(28)26-16-15(24)17(27(2)3)10-5-8-4-9-6-11(29)14(22(25)34)21(33)23(9,35)20(32)12(8)18(30)13(10)19(16)31/h8-9,12,14,31,35H,4-6H2,1-3H3,(H2,25,34)(H,26,28)/t8-,9+,12?,14?,23+/m1/s1. The second-order valence-corrected chi connectivity index (χ2v) is 9.93. The number of phenols is 1. The summed E-state index contributed by atoms with van der Waals surface area (Å²) >= 11 is 6.49. The SMILES string of the molecule is CC(=O)Nc1c(O)c2c(c(N(C)C)c1Cl)C[C@H]1C[C@H]3CC(=O)C(C(N)=O)C(=O)[C@@]3(O)C(=O)C1C2=O. The van der Waals surface area contributed by atoms with Gasteiger partial charge >= 0.3 is 0 Å². The number of nitrogens with zero attached hydrogens (tertiary/aromatic N) is 1. The number of ketones is 4. The van der Waals surface area contributed by atoms with Gasteiger partial charge in [0.2, 0.25) is 11.8 Å². The van der Waals surface area contributed by atoms with E-state index in [1.165, 1.54) is 6.92 Å². The van der Waals surface area contributed by atoms with Gasteiger partial charge in [0, 0.05) is 33.4 Å². The van der Waals surface area contributed by atoms with Crippen LogP contribution in [0.5, 0.6) is 5.75 Å². The number of phenolic OH excluding ortho intramolecular Hbond substituents is 1. The van der Waals surface area contributed by atoms with Crippen LogP contribution < -0.4 is 16.0 Å². The highest BCUT2D eigenvalue weighted by atomic mass is 35.5. The maximum Gasteiger partial charge on any atom is 0.235 e. The smallest absolute Gasteiger partial charge is 0.235 e. The molecular formula is C23H24ClN3O8. The number of nitrogens with one attached hydrogen (secondary N) is 1. The number of nitrogens with two attached hydrogens (primary N) is 1. The van der Waals surface area contributed by atoms with Gasteiger partial charge in [-0.05, 0) is 24.3 Å². The van der Waals surface area contributed by atoms with E-state index in [0.717, 1.165) is 0 Å². The van der Waals surface area contributed by atoms with E-state index in [1.54, 1.807) is 19.0 Å². The van der Waals surface area contributed by atoms with Crippen LogP contribution in [-0.4, -0.2) is 64.9 Å². The molecule has 1 aromatic carbocycles. The van der Waals surface area contributed by atoms with Gasteiger partial charge in [0.15, 0.2) is 40.4 Å². The zero-order valence-electron chi connectivity index (χ0n) is 19.2. The fourth-order valence-electron chi connectivity index (χ4n) is 5.81. The second kappa shape index (κ2) is 8.13. The molecule has 11 nitrogen and oxygen atoms in total. The number of amides is 2. The van der Waals surface area contributed by atoms with E-state index in [0.29, 0.717) is 11.3 Å². The Morgan fingerprint density at radius 2 is 1.77 bits per heavy atom. The molecule has 0 radical (unpaired) electrons. The van der Waals surface area contributed by atoms with E-state index >= 15 is 0 Å². The van der Waals surface area contributed by atoms with Crippen molar-refractivity contribution in [2.45, 2.75) is 31.8 Å². The van der Waals surface area contributed by atoms with Crippen LogP contribution in [0.25, 0.3) is 0 Å². The fraction of sp³-hybridized carbons (Fsp3) is 0.478. The lowest BCUT2D eigenvalue weighted by molar-refractivity contribution is -0.175. The van der Waals surface area contributed by atoms with Gasteiger partial charge in [0.25, 0.3) is 0 Å². The summed E-state index contributed by atoms with van der Waals surface area (Å²) in [5.74, 6) is -11.8. The predicted octanol–water partition coefficient (Wildman–Crippen LogP) is 0.00470. The van der Waals surface area contributed by atoms with Crippen LogP contribution in [0.2, 0.25) is 5.02 Å². The number of aromatic hydroxyl groups is 1. The number of benzene rings is 1. The molecule has 5 atom stereocenters. The Morgan fingerprint density at radius 3 is 2.31 bits per heavy atom. The average Bonchev–Trinajstić information content (AvgIpc) is 2.73.